The summed E-state index contributed by atoms with van der Waals surface area (Å²) in [6.07, 6.45) is 2.10. The van der Waals surface area contributed by atoms with Gasteiger partial charge in [-0.25, -0.2) is 24.5 Å². The molecule has 3 aromatic rings. The third-order valence-electron chi connectivity index (χ3n) is 4.89. The average molecular weight is 480 g/mol. The normalized spacial score (nSPS) is 11.8. The first-order valence-electron chi connectivity index (χ1n) is 11.4. The van der Waals surface area contributed by atoms with Crippen LogP contribution in [0.15, 0.2) is 36.7 Å². The number of aryl methyl sites for hydroxylation is 2. The van der Waals surface area contributed by atoms with Gasteiger partial charge in [0.25, 0.3) is 0 Å². The molecule has 9 nitrogen and oxygen atoms in total. The zero-order chi connectivity index (χ0) is 26.1. The number of carbonyl (C=O) groups excluding carboxylic acids is 2. The summed E-state index contributed by atoms with van der Waals surface area (Å²) in [5, 5.41) is 4.12. The number of carbonyl (C=O) groups is 2. The summed E-state index contributed by atoms with van der Waals surface area (Å²) in [4.78, 5) is 35.9. The average Bonchev–Trinajstić information content (AvgIpc) is 3.20. The summed E-state index contributed by atoms with van der Waals surface area (Å²) in [5.74, 6) is 1.03. The second kappa shape index (κ2) is 9.48. The number of aromatic nitrogens is 4. The molecular weight excluding hydrogens is 446 g/mol. The topological polar surface area (TPSA) is 99.4 Å². The van der Waals surface area contributed by atoms with Crippen LogP contribution in [-0.4, -0.2) is 43.1 Å². The molecule has 1 amide bonds. The van der Waals surface area contributed by atoms with Gasteiger partial charge in [0.15, 0.2) is 0 Å². The van der Waals surface area contributed by atoms with Crippen LogP contribution in [0.5, 0.6) is 0 Å². The van der Waals surface area contributed by atoms with Gasteiger partial charge in [-0.05, 0) is 80.0 Å². The Morgan fingerprint density at radius 3 is 2.03 bits per heavy atom. The highest BCUT2D eigenvalue weighted by Gasteiger charge is 2.28. The highest BCUT2D eigenvalue weighted by molar-refractivity contribution is 5.96. The van der Waals surface area contributed by atoms with Crippen molar-refractivity contribution in [2.45, 2.75) is 73.5 Å². The Kier molecular flexibility index (Phi) is 7.01. The van der Waals surface area contributed by atoms with Crippen LogP contribution in [-0.2, 0) is 9.47 Å². The van der Waals surface area contributed by atoms with Gasteiger partial charge < -0.3 is 9.47 Å². The second-order valence-electron chi connectivity index (χ2n) is 10.3. The summed E-state index contributed by atoms with van der Waals surface area (Å²) in [6, 6.07) is 7.30. The third-order valence-corrected chi connectivity index (χ3v) is 4.89. The summed E-state index contributed by atoms with van der Waals surface area (Å²) < 4.78 is 12.2. The van der Waals surface area contributed by atoms with E-state index in [2.05, 4.69) is 15.1 Å². The summed E-state index contributed by atoms with van der Waals surface area (Å²) >= 11 is 0. The maximum Gasteiger partial charge on any atom is 0.435 e. The lowest BCUT2D eigenvalue weighted by molar-refractivity contribution is 0.0513. The molecule has 2 heterocycles. The van der Waals surface area contributed by atoms with Crippen molar-refractivity contribution < 1.29 is 19.1 Å². The number of nitrogens with zero attached hydrogens (tertiary/aromatic N) is 5. The molecule has 1 aromatic carbocycles. The van der Waals surface area contributed by atoms with E-state index in [0.717, 1.165) is 27.1 Å². The van der Waals surface area contributed by atoms with Crippen molar-refractivity contribution in [3.05, 3.63) is 53.7 Å². The SMILES string of the molecule is Cc1nc(C)c(C)c(N(C(=O)OC(C)(C)C)c2ccc(-c3cnn(C(=O)OC(C)(C)C)c3)cc2)n1. The van der Waals surface area contributed by atoms with Crippen LogP contribution in [0.25, 0.3) is 11.1 Å². The minimum Gasteiger partial charge on any atom is -0.443 e. The fourth-order valence-corrected chi connectivity index (χ4v) is 3.27. The van der Waals surface area contributed by atoms with E-state index in [4.69, 9.17) is 9.47 Å². The molecular formula is C26H33N5O4. The van der Waals surface area contributed by atoms with Crippen molar-refractivity contribution in [1.29, 1.82) is 0 Å². The maximum absolute atomic E-state index is 13.3. The van der Waals surface area contributed by atoms with Gasteiger partial charge in [-0.1, -0.05) is 12.1 Å². The number of amides is 1. The summed E-state index contributed by atoms with van der Waals surface area (Å²) in [7, 11) is 0. The van der Waals surface area contributed by atoms with Crippen LogP contribution in [0.4, 0.5) is 21.1 Å². The van der Waals surface area contributed by atoms with E-state index in [0.29, 0.717) is 17.3 Å². The number of anilines is 2. The van der Waals surface area contributed by atoms with E-state index in [9.17, 15) is 9.59 Å². The smallest absolute Gasteiger partial charge is 0.435 e. The molecule has 186 valence electrons. The van der Waals surface area contributed by atoms with Crippen LogP contribution >= 0.6 is 0 Å². The number of hydrogen-bond donors (Lipinski definition) is 0. The lowest BCUT2D eigenvalue weighted by Gasteiger charge is -2.28. The molecule has 2 aromatic heterocycles. The van der Waals surface area contributed by atoms with Crippen molar-refractivity contribution >= 4 is 23.7 Å². The molecule has 0 unspecified atom stereocenters. The zero-order valence-corrected chi connectivity index (χ0v) is 21.8. The Hall–Kier alpha value is -3.75. The molecule has 0 aliphatic carbocycles. The van der Waals surface area contributed by atoms with Gasteiger partial charge in [0, 0.05) is 23.0 Å². The number of benzene rings is 1. The number of rotatable bonds is 3. The van der Waals surface area contributed by atoms with Gasteiger partial charge >= 0.3 is 12.2 Å². The van der Waals surface area contributed by atoms with E-state index in [-0.39, 0.29) is 0 Å². The van der Waals surface area contributed by atoms with E-state index in [1.165, 1.54) is 4.90 Å². The Bertz CT molecular complexity index is 1230. The van der Waals surface area contributed by atoms with E-state index in [1.54, 1.807) is 52.2 Å². The van der Waals surface area contributed by atoms with Gasteiger partial charge in [0.1, 0.15) is 22.8 Å². The summed E-state index contributed by atoms with van der Waals surface area (Å²) in [6.45, 7) is 16.4. The molecule has 0 N–H and O–H groups in total. The molecule has 0 aliphatic rings. The van der Waals surface area contributed by atoms with Gasteiger partial charge in [0.2, 0.25) is 0 Å². The van der Waals surface area contributed by atoms with Crippen molar-refractivity contribution in [2.24, 2.45) is 0 Å². The molecule has 0 atom stereocenters. The van der Waals surface area contributed by atoms with Crippen LogP contribution in [0, 0.1) is 20.8 Å². The van der Waals surface area contributed by atoms with Crippen molar-refractivity contribution in [3.63, 3.8) is 0 Å². The van der Waals surface area contributed by atoms with Crippen LogP contribution in [0.1, 0.15) is 58.6 Å². The Morgan fingerprint density at radius 1 is 0.857 bits per heavy atom. The fraction of sp³-hybridized carbons (Fsp3) is 0.423. The molecule has 0 saturated heterocycles. The Labute approximate surface area is 206 Å². The lowest BCUT2D eigenvalue weighted by Crippen LogP contribution is -2.35. The van der Waals surface area contributed by atoms with Crippen molar-refractivity contribution in [3.8, 4) is 11.1 Å². The standard InChI is InChI=1S/C26H33N5O4/c1-16-17(2)28-18(3)29-22(16)31(24(33)35-26(7,8)9)21-12-10-19(11-13-21)20-14-27-30(15-20)23(32)34-25(4,5)6/h10-15H,1-9H3. The maximum atomic E-state index is 13.3. The number of ether oxygens (including phenoxy) is 2. The predicted octanol–water partition coefficient (Wildman–Crippen LogP) is 6.12. The lowest BCUT2D eigenvalue weighted by atomic mass is 10.1. The van der Waals surface area contributed by atoms with Gasteiger partial charge in [-0.15, -0.1) is 0 Å². The monoisotopic (exact) mass is 479 g/mol. The third kappa shape index (κ3) is 6.44. The van der Waals surface area contributed by atoms with Gasteiger partial charge in [0.05, 0.1) is 11.9 Å². The van der Waals surface area contributed by atoms with E-state index in [1.807, 2.05) is 46.8 Å². The van der Waals surface area contributed by atoms with Gasteiger partial charge in [-0.2, -0.15) is 9.78 Å². The highest BCUT2D eigenvalue weighted by Crippen LogP contribution is 2.32. The largest absolute Gasteiger partial charge is 0.443 e. The van der Waals surface area contributed by atoms with Gasteiger partial charge in [-0.3, -0.25) is 0 Å². The quantitative estimate of drug-likeness (QED) is 0.446. The molecule has 9 heteroatoms. The second-order valence-corrected chi connectivity index (χ2v) is 10.3. The van der Waals surface area contributed by atoms with E-state index < -0.39 is 23.4 Å². The first kappa shape index (κ1) is 25.9. The minimum atomic E-state index is -0.684. The minimum absolute atomic E-state index is 0.467. The zero-order valence-electron chi connectivity index (χ0n) is 21.8. The predicted molar refractivity (Wildman–Crippen MR) is 134 cm³/mol. The van der Waals surface area contributed by atoms with Crippen LogP contribution in [0.2, 0.25) is 0 Å². The van der Waals surface area contributed by atoms with Crippen LogP contribution < -0.4 is 4.90 Å². The molecule has 0 bridgehead atoms. The molecule has 3 rings (SSSR count). The molecule has 0 aliphatic heterocycles. The first-order valence-corrected chi connectivity index (χ1v) is 11.4. The van der Waals surface area contributed by atoms with Crippen LogP contribution in [0.3, 0.4) is 0 Å². The molecule has 0 radical (unpaired) electrons. The molecule has 0 fully saturated rings. The molecule has 0 spiro atoms. The summed E-state index contributed by atoms with van der Waals surface area (Å²) in [5.41, 5.74) is 2.40. The Balaban J connectivity index is 1.97. The number of hydrogen-bond acceptors (Lipinski definition) is 7. The Morgan fingerprint density at radius 2 is 1.46 bits per heavy atom. The fourth-order valence-electron chi connectivity index (χ4n) is 3.27. The molecule has 35 heavy (non-hydrogen) atoms. The van der Waals surface area contributed by atoms with Crippen molar-refractivity contribution in [1.82, 2.24) is 19.7 Å². The van der Waals surface area contributed by atoms with E-state index >= 15 is 0 Å². The first-order chi connectivity index (χ1) is 16.1. The highest BCUT2D eigenvalue weighted by atomic mass is 16.6. The molecule has 0 saturated carbocycles. The van der Waals surface area contributed by atoms with Crippen molar-refractivity contribution in [2.75, 3.05) is 4.90 Å².